The van der Waals surface area contributed by atoms with Crippen molar-refractivity contribution in [2.24, 2.45) is 0 Å². The summed E-state index contributed by atoms with van der Waals surface area (Å²) in [5, 5.41) is 4.38. The van der Waals surface area contributed by atoms with Gasteiger partial charge in [0, 0.05) is 38.4 Å². The number of aryl methyl sites for hydroxylation is 1. The van der Waals surface area contributed by atoms with Crippen molar-refractivity contribution < 1.29 is 8.42 Å². The maximum absolute atomic E-state index is 13.2. The molecule has 10 nitrogen and oxygen atoms in total. The lowest BCUT2D eigenvalue weighted by atomic mass is 10.3. The number of anilines is 1. The topological polar surface area (TPSA) is 110 Å². The van der Waals surface area contributed by atoms with Crippen LogP contribution in [0.25, 0.3) is 16.9 Å². The summed E-state index contributed by atoms with van der Waals surface area (Å²) in [6, 6.07) is 8.83. The molecule has 0 aliphatic carbocycles. The smallest absolute Gasteiger partial charge is 0.245 e. The van der Waals surface area contributed by atoms with Gasteiger partial charge in [0.1, 0.15) is 28.1 Å². The third-order valence-corrected chi connectivity index (χ3v) is 7.50. The fourth-order valence-electron chi connectivity index (χ4n) is 3.46. The fourth-order valence-corrected chi connectivity index (χ4v) is 5.64. The minimum Gasteiger partial charge on any atom is -0.354 e. The second kappa shape index (κ2) is 7.38. The third kappa shape index (κ3) is 3.32. The second-order valence-corrected chi connectivity index (χ2v) is 9.35. The molecule has 4 aromatic rings. The Morgan fingerprint density at radius 2 is 1.80 bits per heavy atom. The number of aromatic nitrogens is 6. The Morgan fingerprint density at radius 1 is 1.00 bits per heavy atom. The van der Waals surface area contributed by atoms with Gasteiger partial charge in [0.15, 0.2) is 5.82 Å². The Labute approximate surface area is 177 Å². The molecule has 30 heavy (non-hydrogen) atoms. The van der Waals surface area contributed by atoms with Gasteiger partial charge in [-0.1, -0.05) is 6.07 Å². The number of hydrogen-bond donors (Lipinski definition) is 0. The first-order chi connectivity index (χ1) is 14.5. The molecule has 0 atom stereocenters. The molecule has 0 amide bonds. The van der Waals surface area contributed by atoms with Crippen LogP contribution in [0, 0.1) is 6.92 Å². The number of fused-ring (bicyclic) bond motifs is 1. The van der Waals surface area contributed by atoms with E-state index in [9.17, 15) is 8.42 Å². The van der Waals surface area contributed by atoms with E-state index in [-0.39, 0.29) is 4.90 Å². The highest BCUT2D eigenvalue weighted by atomic mass is 32.2. The van der Waals surface area contributed by atoms with Gasteiger partial charge in [0.25, 0.3) is 0 Å². The van der Waals surface area contributed by atoms with E-state index in [1.54, 1.807) is 22.9 Å². The van der Waals surface area contributed by atoms with Crippen LogP contribution in [0.1, 0.15) is 5.69 Å². The fraction of sp³-hybridized carbons (Fsp3) is 0.278. The van der Waals surface area contributed by atoms with E-state index in [1.165, 1.54) is 10.6 Å². The first-order valence-electron chi connectivity index (χ1n) is 9.33. The van der Waals surface area contributed by atoms with E-state index in [2.05, 4.69) is 28.7 Å². The third-order valence-electron chi connectivity index (χ3n) is 5.02. The highest BCUT2D eigenvalue weighted by molar-refractivity contribution is 7.89. The van der Waals surface area contributed by atoms with E-state index in [0.29, 0.717) is 43.0 Å². The van der Waals surface area contributed by atoms with Crippen LogP contribution in [0.15, 0.2) is 47.8 Å². The van der Waals surface area contributed by atoms with Crippen LogP contribution in [-0.2, 0) is 10.0 Å². The van der Waals surface area contributed by atoms with Crippen LogP contribution in [0.2, 0.25) is 0 Å². The van der Waals surface area contributed by atoms with Crippen LogP contribution < -0.4 is 4.90 Å². The molecule has 1 aliphatic heterocycles. The quantitative estimate of drug-likeness (QED) is 0.467. The molecule has 0 N–H and O–H groups in total. The zero-order valence-electron chi connectivity index (χ0n) is 16.1. The Kier molecular flexibility index (Phi) is 4.68. The van der Waals surface area contributed by atoms with E-state index in [0.717, 1.165) is 23.2 Å². The van der Waals surface area contributed by atoms with Gasteiger partial charge in [0.05, 0.1) is 17.4 Å². The van der Waals surface area contributed by atoms with Crippen molar-refractivity contribution in [3.05, 3.63) is 48.5 Å². The van der Waals surface area contributed by atoms with Crippen molar-refractivity contribution in [2.75, 3.05) is 31.1 Å². The molecule has 12 heteroatoms. The number of hydrogen-bond acceptors (Lipinski definition) is 9. The van der Waals surface area contributed by atoms with Gasteiger partial charge in [-0.15, -0.1) is 0 Å². The summed E-state index contributed by atoms with van der Waals surface area (Å²) >= 11 is 1.02. The largest absolute Gasteiger partial charge is 0.354 e. The van der Waals surface area contributed by atoms with Crippen LogP contribution in [-0.4, -0.2) is 67.4 Å². The molecule has 1 aromatic carbocycles. The average molecular weight is 443 g/mol. The Balaban J connectivity index is 1.35. The van der Waals surface area contributed by atoms with Crippen molar-refractivity contribution in [2.45, 2.75) is 11.8 Å². The Bertz CT molecular complexity index is 1310. The highest BCUT2D eigenvalue weighted by Crippen LogP contribution is 2.26. The van der Waals surface area contributed by atoms with E-state index in [1.807, 2.05) is 25.3 Å². The molecule has 1 aliphatic rings. The van der Waals surface area contributed by atoms with Crippen LogP contribution in [0.5, 0.6) is 0 Å². The van der Waals surface area contributed by atoms with E-state index in [4.69, 9.17) is 0 Å². The lowest BCUT2D eigenvalue weighted by Gasteiger charge is -2.34. The summed E-state index contributed by atoms with van der Waals surface area (Å²) in [7, 11) is -3.65. The Morgan fingerprint density at radius 3 is 2.57 bits per heavy atom. The normalized spacial score (nSPS) is 15.7. The van der Waals surface area contributed by atoms with Crippen molar-refractivity contribution in [3.8, 4) is 5.82 Å². The van der Waals surface area contributed by atoms with Crippen molar-refractivity contribution in [3.63, 3.8) is 0 Å². The van der Waals surface area contributed by atoms with Crippen LogP contribution in [0.4, 0.5) is 5.82 Å². The monoisotopic (exact) mass is 442 g/mol. The molecule has 1 fully saturated rings. The number of nitrogens with zero attached hydrogens (tertiary/aromatic N) is 8. The SMILES string of the molecule is Cc1ccn(-c2cc(N3CCN(S(=O)(=O)c4cccc5nsnc45)CC3)ncn2)n1. The summed E-state index contributed by atoms with van der Waals surface area (Å²) in [6.07, 6.45) is 3.35. The summed E-state index contributed by atoms with van der Waals surface area (Å²) in [6.45, 7) is 3.69. The lowest BCUT2D eigenvalue weighted by Crippen LogP contribution is -2.49. The summed E-state index contributed by atoms with van der Waals surface area (Å²) in [5.41, 5.74) is 1.93. The molecule has 0 bridgehead atoms. The standard InChI is InChI=1S/C18H18N8O2S2/c1-13-5-6-26(21-13)17-11-16(19-12-20-17)24-7-9-25(10-8-24)30(27,28)15-4-2-3-14-18(15)23-29-22-14/h2-6,11-12H,7-10H2,1H3. The molecule has 3 aromatic heterocycles. The summed E-state index contributed by atoms with van der Waals surface area (Å²) in [5.74, 6) is 1.42. The molecule has 0 unspecified atom stereocenters. The molecule has 5 rings (SSSR count). The molecule has 4 heterocycles. The van der Waals surface area contributed by atoms with Gasteiger partial charge in [-0.05, 0) is 25.1 Å². The molecule has 154 valence electrons. The predicted octanol–water partition coefficient (Wildman–Crippen LogP) is 1.49. The molecule has 0 saturated carbocycles. The molecular formula is C18H18N8O2S2. The zero-order chi connectivity index (χ0) is 20.7. The summed E-state index contributed by atoms with van der Waals surface area (Å²) < 4.78 is 37.9. The maximum atomic E-state index is 13.2. The van der Waals surface area contributed by atoms with Crippen molar-refractivity contribution in [1.29, 1.82) is 0 Å². The number of benzene rings is 1. The van der Waals surface area contributed by atoms with Gasteiger partial charge in [0.2, 0.25) is 10.0 Å². The van der Waals surface area contributed by atoms with Gasteiger partial charge >= 0.3 is 0 Å². The average Bonchev–Trinajstić information content (AvgIpc) is 3.42. The van der Waals surface area contributed by atoms with E-state index < -0.39 is 10.0 Å². The van der Waals surface area contributed by atoms with Gasteiger partial charge in [-0.3, -0.25) is 0 Å². The number of piperazine rings is 1. The van der Waals surface area contributed by atoms with Crippen molar-refractivity contribution in [1.82, 2.24) is 32.8 Å². The van der Waals surface area contributed by atoms with Crippen molar-refractivity contribution >= 4 is 38.6 Å². The van der Waals surface area contributed by atoms with Gasteiger partial charge < -0.3 is 4.90 Å². The van der Waals surface area contributed by atoms with E-state index >= 15 is 0 Å². The second-order valence-electron chi connectivity index (χ2n) is 6.92. The molecule has 0 radical (unpaired) electrons. The molecule has 1 saturated heterocycles. The number of rotatable bonds is 4. The lowest BCUT2D eigenvalue weighted by molar-refractivity contribution is 0.384. The Hall–Kier alpha value is -2.96. The maximum Gasteiger partial charge on any atom is 0.245 e. The van der Waals surface area contributed by atoms with Crippen LogP contribution >= 0.6 is 11.7 Å². The zero-order valence-corrected chi connectivity index (χ0v) is 17.7. The minimum absolute atomic E-state index is 0.209. The summed E-state index contributed by atoms with van der Waals surface area (Å²) in [4.78, 5) is 10.9. The minimum atomic E-state index is -3.65. The highest BCUT2D eigenvalue weighted by Gasteiger charge is 2.31. The molecule has 0 spiro atoms. The number of sulfonamides is 1. The van der Waals surface area contributed by atoms with Gasteiger partial charge in [-0.25, -0.2) is 23.1 Å². The predicted molar refractivity (Wildman–Crippen MR) is 112 cm³/mol. The first kappa shape index (κ1) is 19.0. The van der Waals surface area contributed by atoms with Gasteiger partial charge in [-0.2, -0.15) is 18.2 Å². The van der Waals surface area contributed by atoms with Crippen LogP contribution in [0.3, 0.4) is 0 Å². The first-order valence-corrected chi connectivity index (χ1v) is 11.5. The molecular weight excluding hydrogens is 424 g/mol.